The van der Waals surface area contributed by atoms with E-state index in [0.717, 1.165) is 49.2 Å². The Hall–Kier alpha value is -12.9. The van der Waals surface area contributed by atoms with Gasteiger partial charge in [0, 0.05) is 27.1 Å². The van der Waals surface area contributed by atoms with Crippen LogP contribution in [-0.2, 0) is 0 Å². The lowest BCUT2D eigenvalue weighted by Crippen LogP contribution is -2.04. The summed E-state index contributed by atoms with van der Waals surface area (Å²) in [6, 6.07) is 72.8. The van der Waals surface area contributed by atoms with Crippen molar-refractivity contribution in [2.24, 2.45) is 0 Å². The number of nitrogens with zero attached hydrogens (tertiary/aromatic N) is 12. The first-order valence-corrected chi connectivity index (χ1v) is 24.7. The van der Waals surface area contributed by atoms with Crippen LogP contribution in [-0.4, -0.2) is 14.1 Å². The van der Waals surface area contributed by atoms with E-state index in [2.05, 4.69) is 59.2 Å². The predicted octanol–water partition coefficient (Wildman–Crippen LogP) is 14.5. The molecule has 0 aliphatic carbocycles. The summed E-state index contributed by atoms with van der Waals surface area (Å²) in [7, 11) is 0. The van der Waals surface area contributed by atoms with Gasteiger partial charge in [-0.1, -0.05) is 84.9 Å². The van der Waals surface area contributed by atoms with Crippen molar-refractivity contribution in [2.45, 2.75) is 0 Å². The van der Waals surface area contributed by atoms with Crippen molar-refractivity contribution in [3.8, 4) is 122 Å². The molecule has 12 nitrogen and oxygen atoms in total. The number of fused-ring (bicyclic) bond motifs is 6. The van der Waals surface area contributed by atoms with E-state index in [1.807, 2.05) is 95.6 Å². The van der Waals surface area contributed by atoms with Crippen LogP contribution in [0.1, 0.15) is 50.1 Å². The van der Waals surface area contributed by atoms with E-state index in [-0.39, 0.29) is 0 Å². The lowest BCUT2D eigenvalue weighted by atomic mass is 9.96. The lowest BCUT2D eigenvalue weighted by Gasteiger charge is -2.17. The van der Waals surface area contributed by atoms with Crippen molar-refractivity contribution < 1.29 is 0 Å². The fourth-order valence-electron chi connectivity index (χ4n) is 10.7. The van der Waals surface area contributed by atoms with Crippen LogP contribution in [0.4, 0.5) is 0 Å². The molecule has 0 atom stereocenters. The molecule has 0 aliphatic rings. The van der Waals surface area contributed by atoms with Crippen LogP contribution in [0, 0.1) is 102 Å². The number of benzene rings is 9. The molecule has 9 aromatic carbocycles. The molecule has 0 bridgehead atoms. The Morgan fingerprint density at radius 2 is 0.562 bits per heavy atom. The van der Waals surface area contributed by atoms with Gasteiger partial charge in [-0.25, -0.2) is 4.98 Å². The monoisotopic (exact) mass is 1010 g/mol. The molecule has 0 spiro atoms. The van der Waals surface area contributed by atoms with Crippen LogP contribution in [0.15, 0.2) is 182 Å². The third kappa shape index (κ3) is 7.90. The normalized spacial score (nSPS) is 10.6. The van der Waals surface area contributed by atoms with Crippen LogP contribution >= 0.6 is 0 Å². The Balaban J connectivity index is 1.18. The van der Waals surface area contributed by atoms with Gasteiger partial charge in [0.1, 0.15) is 5.82 Å². The Bertz CT molecular complexity index is 4860. The summed E-state index contributed by atoms with van der Waals surface area (Å²) in [5, 5.41) is 93.7. The van der Waals surface area contributed by atoms with Gasteiger partial charge in [-0.15, -0.1) is 0 Å². The van der Waals surface area contributed by atoms with E-state index in [1.165, 1.54) is 0 Å². The van der Waals surface area contributed by atoms with Gasteiger partial charge in [-0.3, -0.25) is 4.57 Å². The van der Waals surface area contributed by atoms with Crippen LogP contribution in [0.5, 0.6) is 0 Å². The highest BCUT2D eigenvalue weighted by Crippen LogP contribution is 2.43. The molecule has 0 saturated heterocycles. The molecule has 0 amide bonds. The summed E-state index contributed by atoms with van der Waals surface area (Å²) in [6.45, 7) is 0. The fraction of sp³-hybridized carbons (Fsp3) is 0. The standard InChI is InChI=1S/C68H30N12/c69-30-40-1-7-45(8-2-40)62-29-68(80-65-27-48(56-15-5-43(33-72)23-52(56)37-76)11-19-60(65)61-20-12-49(28-66(61)80)57-16-6-44(34-73)24-53(57)38-77)78-39-67(62)79-63-25-46(54-13-3-41(31-70)21-50(54)35-74)9-17-58(63)59-18-10-47(26-64(59)79)55-14-4-42(32-71)22-51(55)36-75/h1-29,39H. The molecule has 12 rings (SSSR count). The van der Waals surface area contributed by atoms with Gasteiger partial charge >= 0.3 is 0 Å². The van der Waals surface area contributed by atoms with Gasteiger partial charge in [-0.2, -0.15) is 47.4 Å². The molecule has 0 aliphatic heterocycles. The molecule has 362 valence electrons. The minimum absolute atomic E-state index is 0.325. The topological polar surface area (TPSA) is 237 Å². The maximum atomic E-state index is 10.4. The van der Waals surface area contributed by atoms with Gasteiger partial charge in [0.25, 0.3) is 0 Å². The van der Waals surface area contributed by atoms with Gasteiger partial charge in [0.15, 0.2) is 0 Å². The summed E-state index contributed by atoms with van der Waals surface area (Å²) >= 11 is 0. The van der Waals surface area contributed by atoms with E-state index in [1.54, 1.807) is 91.1 Å². The average molecular weight is 1020 g/mol. The number of hydrogen-bond donors (Lipinski definition) is 0. The quantitative estimate of drug-likeness (QED) is 0.146. The Kier molecular flexibility index (Phi) is 11.7. The third-order valence-electron chi connectivity index (χ3n) is 14.5. The predicted molar refractivity (Wildman–Crippen MR) is 303 cm³/mol. The van der Waals surface area contributed by atoms with Gasteiger partial charge in [-0.05, 0) is 141 Å². The summed E-state index contributed by atoms with van der Waals surface area (Å²) in [4.78, 5) is 5.35. The molecule has 80 heavy (non-hydrogen) atoms. The highest BCUT2D eigenvalue weighted by molar-refractivity contribution is 6.13. The van der Waals surface area contributed by atoms with Crippen LogP contribution in [0.25, 0.3) is 111 Å². The Morgan fingerprint density at radius 3 is 0.875 bits per heavy atom. The molecular formula is C68H30N12. The number of nitriles is 9. The van der Waals surface area contributed by atoms with Crippen LogP contribution in [0.3, 0.4) is 0 Å². The number of pyridine rings is 1. The van der Waals surface area contributed by atoms with E-state index < -0.39 is 0 Å². The van der Waals surface area contributed by atoms with E-state index >= 15 is 0 Å². The van der Waals surface area contributed by atoms with Crippen molar-refractivity contribution in [1.82, 2.24) is 14.1 Å². The first-order valence-electron chi connectivity index (χ1n) is 24.7. The van der Waals surface area contributed by atoms with Crippen molar-refractivity contribution in [3.63, 3.8) is 0 Å². The molecule has 12 heteroatoms. The first kappa shape index (κ1) is 48.1. The first-order chi connectivity index (χ1) is 39.2. The highest BCUT2D eigenvalue weighted by atomic mass is 15.1. The zero-order chi connectivity index (χ0) is 55.2. The molecule has 12 aromatic rings. The lowest BCUT2D eigenvalue weighted by molar-refractivity contribution is 1.06. The van der Waals surface area contributed by atoms with Crippen molar-refractivity contribution in [3.05, 3.63) is 232 Å². The van der Waals surface area contributed by atoms with E-state index in [9.17, 15) is 47.4 Å². The largest absolute Gasteiger partial charge is 0.307 e. The van der Waals surface area contributed by atoms with Gasteiger partial charge in [0.2, 0.25) is 0 Å². The van der Waals surface area contributed by atoms with Gasteiger partial charge < -0.3 is 4.57 Å². The molecule has 3 aromatic heterocycles. The zero-order valence-electron chi connectivity index (χ0n) is 41.7. The van der Waals surface area contributed by atoms with Crippen molar-refractivity contribution in [2.75, 3.05) is 0 Å². The van der Waals surface area contributed by atoms with Crippen LogP contribution in [0.2, 0.25) is 0 Å². The van der Waals surface area contributed by atoms with Crippen molar-refractivity contribution in [1.29, 1.82) is 47.4 Å². The minimum Gasteiger partial charge on any atom is -0.307 e. The second-order valence-electron chi connectivity index (χ2n) is 18.8. The maximum absolute atomic E-state index is 10.4. The summed E-state index contributed by atoms with van der Waals surface area (Å²) in [5.41, 5.74) is 13.5. The second kappa shape index (κ2) is 19.4. The molecule has 0 saturated carbocycles. The van der Waals surface area contributed by atoms with Crippen molar-refractivity contribution >= 4 is 43.6 Å². The molecule has 0 N–H and O–H groups in total. The molecule has 0 radical (unpaired) electrons. The van der Waals surface area contributed by atoms with Crippen LogP contribution < -0.4 is 0 Å². The minimum atomic E-state index is 0.325. The second-order valence-corrected chi connectivity index (χ2v) is 18.8. The molecule has 0 unspecified atom stereocenters. The summed E-state index contributed by atoms with van der Waals surface area (Å²) in [6.07, 6.45) is 1.79. The molecule has 0 fully saturated rings. The molecular weight excluding hydrogens is 985 g/mol. The zero-order valence-corrected chi connectivity index (χ0v) is 41.7. The van der Waals surface area contributed by atoms with E-state index in [4.69, 9.17) is 4.98 Å². The summed E-state index contributed by atoms with van der Waals surface area (Å²) in [5.74, 6) is 0.484. The number of aromatic nitrogens is 3. The molecule has 3 heterocycles. The van der Waals surface area contributed by atoms with E-state index in [0.29, 0.717) is 112 Å². The average Bonchev–Trinajstić information content (AvgIpc) is 4.23. The summed E-state index contributed by atoms with van der Waals surface area (Å²) < 4.78 is 4.13. The fourth-order valence-corrected chi connectivity index (χ4v) is 10.7. The number of hydrogen-bond acceptors (Lipinski definition) is 10. The Morgan fingerprint density at radius 1 is 0.263 bits per heavy atom. The highest BCUT2D eigenvalue weighted by Gasteiger charge is 2.23. The number of rotatable bonds is 7. The van der Waals surface area contributed by atoms with Gasteiger partial charge in [0.05, 0.1) is 139 Å². The SMILES string of the molecule is N#Cc1ccc(-c2cc(-n3c4cc(-c5ccc(C#N)cc5C#N)ccc4c4ccc(-c5ccc(C#N)cc5C#N)cc43)ncc2-n2c3cc(-c4ccc(C#N)cc4C#N)ccc3c3ccc(-c4ccc(C#N)cc4C#N)cc32)cc1. The maximum Gasteiger partial charge on any atom is 0.138 e. The third-order valence-corrected chi connectivity index (χ3v) is 14.5. The smallest absolute Gasteiger partial charge is 0.138 e. The Labute approximate surface area is 456 Å².